The second kappa shape index (κ2) is 8.71. The largest absolute Gasteiger partial charge is 0.376 e. The van der Waals surface area contributed by atoms with Crippen molar-refractivity contribution in [2.75, 3.05) is 19.4 Å². The van der Waals surface area contributed by atoms with Crippen molar-refractivity contribution in [1.82, 2.24) is 9.80 Å². The second-order valence-electron chi connectivity index (χ2n) is 10.1. The van der Waals surface area contributed by atoms with Crippen LogP contribution in [-0.4, -0.2) is 41.7 Å². The minimum absolute atomic E-state index is 0.448. The van der Waals surface area contributed by atoms with Gasteiger partial charge in [-0.25, -0.2) is 4.79 Å². The molecule has 2 unspecified atom stereocenters. The van der Waals surface area contributed by atoms with Crippen molar-refractivity contribution < 1.29 is 14.4 Å². The summed E-state index contributed by atoms with van der Waals surface area (Å²) in [7, 11) is 2.86. The van der Waals surface area contributed by atoms with Gasteiger partial charge in [0.2, 0.25) is 11.8 Å². The highest BCUT2D eigenvalue weighted by molar-refractivity contribution is 6.31. The van der Waals surface area contributed by atoms with E-state index in [1.54, 1.807) is 6.07 Å². The fourth-order valence-electron chi connectivity index (χ4n) is 6.13. The maximum atomic E-state index is 14.5. The first-order chi connectivity index (χ1) is 18.3. The van der Waals surface area contributed by atoms with Gasteiger partial charge in [-0.1, -0.05) is 96.0 Å². The fraction of sp³-hybridized carbons (Fsp3) is 0.194. The number of barbiturate groups is 1. The zero-order valence-electron chi connectivity index (χ0n) is 21.2. The first-order valence-corrected chi connectivity index (χ1v) is 12.8. The van der Waals surface area contributed by atoms with E-state index in [0.29, 0.717) is 10.6 Å². The summed E-state index contributed by atoms with van der Waals surface area (Å²) >= 11 is 6.82. The van der Waals surface area contributed by atoms with Gasteiger partial charge < -0.3 is 5.32 Å². The number of nitrogens with zero attached hydrogens (tertiary/aromatic N) is 2. The Kier molecular flexibility index (Phi) is 5.54. The number of carbonyl (C=O) groups excluding carboxylic acids is 3. The van der Waals surface area contributed by atoms with E-state index in [4.69, 9.17) is 11.6 Å². The lowest BCUT2D eigenvalue weighted by molar-refractivity contribution is -0.160. The van der Waals surface area contributed by atoms with E-state index in [1.807, 2.05) is 85.8 Å². The van der Waals surface area contributed by atoms with Crippen LogP contribution in [0.3, 0.4) is 0 Å². The molecular formula is C31H26ClN3O3. The third-order valence-electron chi connectivity index (χ3n) is 7.99. The van der Waals surface area contributed by atoms with E-state index in [1.165, 1.54) is 14.1 Å². The van der Waals surface area contributed by atoms with Gasteiger partial charge >= 0.3 is 6.03 Å². The van der Waals surface area contributed by atoms with Crippen LogP contribution in [0.25, 0.3) is 10.8 Å². The molecule has 4 aromatic rings. The molecule has 7 heteroatoms. The maximum Gasteiger partial charge on any atom is 0.332 e. The molecule has 6 nitrogen and oxygen atoms in total. The van der Waals surface area contributed by atoms with Gasteiger partial charge in [0.25, 0.3) is 0 Å². The smallest absolute Gasteiger partial charge is 0.332 e. The van der Waals surface area contributed by atoms with Crippen LogP contribution < -0.4 is 5.32 Å². The summed E-state index contributed by atoms with van der Waals surface area (Å²) in [5, 5.41) is 6.07. The minimum atomic E-state index is -1.72. The van der Waals surface area contributed by atoms with Gasteiger partial charge in [-0.05, 0) is 35.1 Å². The number of nitrogens with one attached hydrogen (secondary N) is 1. The lowest BCUT2D eigenvalue weighted by atomic mass is 9.58. The molecule has 1 N–H and O–H groups in total. The average molecular weight is 524 g/mol. The molecule has 0 saturated carbocycles. The molecule has 2 heterocycles. The summed E-state index contributed by atoms with van der Waals surface area (Å²) < 4.78 is 0. The fourth-order valence-corrected chi connectivity index (χ4v) is 6.37. The maximum absolute atomic E-state index is 14.5. The van der Waals surface area contributed by atoms with Crippen molar-refractivity contribution in [3.8, 4) is 0 Å². The van der Waals surface area contributed by atoms with Crippen LogP contribution in [0, 0.1) is 12.3 Å². The molecule has 1 spiro atoms. The number of rotatable bonds is 2. The van der Waals surface area contributed by atoms with Crippen molar-refractivity contribution >= 4 is 45.9 Å². The molecular weight excluding hydrogens is 498 g/mol. The van der Waals surface area contributed by atoms with Crippen LogP contribution in [0.5, 0.6) is 0 Å². The Balaban J connectivity index is 1.77. The average Bonchev–Trinajstić information content (AvgIpc) is 2.94. The van der Waals surface area contributed by atoms with Crippen molar-refractivity contribution in [1.29, 1.82) is 0 Å². The molecule has 2 atom stereocenters. The molecule has 6 rings (SSSR count). The third-order valence-corrected chi connectivity index (χ3v) is 8.33. The molecule has 4 aromatic carbocycles. The van der Waals surface area contributed by atoms with Gasteiger partial charge in [-0.15, -0.1) is 0 Å². The van der Waals surface area contributed by atoms with Crippen LogP contribution in [0.1, 0.15) is 34.2 Å². The lowest BCUT2D eigenvalue weighted by Crippen LogP contribution is -2.68. The molecule has 0 bridgehead atoms. The first kappa shape index (κ1) is 24.2. The van der Waals surface area contributed by atoms with Gasteiger partial charge in [0, 0.05) is 36.1 Å². The van der Waals surface area contributed by atoms with Gasteiger partial charge in [0.1, 0.15) is 0 Å². The third kappa shape index (κ3) is 3.23. The van der Waals surface area contributed by atoms with Gasteiger partial charge in [0.05, 0.1) is 6.04 Å². The minimum Gasteiger partial charge on any atom is -0.376 e. The van der Waals surface area contributed by atoms with E-state index in [9.17, 15) is 14.4 Å². The van der Waals surface area contributed by atoms with Crippen molar-refractivity contribution in [3.05, 3.63) is 112 Å². The Hall–Kier alpha value is -4.16. The predicted molar refractivity (Wildman–Crippen MR) is 148 cm³/mol. The number of imide groups is 2. The van der Waals surface area contributed by atoms with Crippen molar-refractivity contribution in [2.24, 2.45) is 5.41 Å². The second-order valence-corrected chi connectivity index (χ2v) is 10.5. The van der Waals surface area contributed by atoms with Gasteiger partial charge in [-0.2, -0.15) is 0 Å². The van der Waals surface area contributed by atoms with E-state index in [0.717, 1.165) is 43.0 Å². The number of halogens is 1. The summed E-state index contributed by atoms with van der Waals surface area (Å²) in [5.41, 5.74) is 2.38. The number of benzene rings is 4. The normalized spacial score (nSPS) is 20.6. The van der Waals surface area contributed by atoms with Crippen LogP contribution in [0.2, 0.25) is 5.02 Å². The Labute approximate surface area is 225 Å². The molecule has 2 aliphatic rings. The van der Waals surface area contributed by atoms with Gasteiger partial charge in [0.15, 0.2) is 5.41 Å². The Morgan fingerprint density at radius 2 is 1.39 bits per heavy atom. The number of fused-ring (bicyclic) bond motifs is 3. The molecule has 4 amide bonds. The molecule has 0 radical (unpaired) electrons. The summed E-state index contributed by atoms with van der Waals surface area (Å²) in [6.07, 6.45) is 0. The summed E-state index contributed by atoms with van der Waals surface area (Å²) in [5.74, 6) is -1.89. The number of hydrogen-bond donors (Lipinski definition) is 1. The number of carbonyl (C=O) groups is 3. The standard InChI is InChI=1S/C31H26ClN3O3/c1-18-12-14-20(15-13-18)27-31(28(36)34(2)30(38)35(3)29(31)37)25(22-10-6-7-11-24(22)32)23-17-16-19-8-4-5-9-21(19)26(23)33-27/h4-17,25,27,33H,1-3H3. The Morgan fingerprint density at radius 3 is 2.08 bits per heavy atom. The highest BCUT2D eigenvalue weighted by atomic mass is 35.5. The molecule has 190 valence electrons. The number of aryl methyl sites for hydroxylation is 1. The number of hydrogen-bond acceptors (Lipinski definition) is 4. The monoisotopic (exact) mass is 523 g/mol. The highest BCUT2D eigenvalue weighted by Crippen LogP contribution is 2.60. The lowest BCUT2D eigenvalue weighted by Gasteiger charge is -2.53. The van der Waals surface area contributed by atoms with E-state index < -0.39 is 35.2 Å². The summed E-state index contributed by atoms with van der Waals surface area (Å²) in [6.45, 7) is 1.99. The summed E-state index contributed by atoms with van der Waals surface area (Å²) in [4.78, 5) is 44.0. The van der Waals surface area contributed by atoms with Crippen LogP contribution in [0.4, 0.5) is 10.5 Å². The van der Waals surface area contributed by atoms with Crippen LogP contribution in [0.15, 0.2) is 84.9 Å². The van der Waals surface area contributed by atoms with Gasteiger partial charge in [-0.3, -0.25) is 19.4 Å². The highest BCUT2D eigenvalue weighted by Gasteiger charge is 2.67. The van der Waals surface area contributed by atoms with Crippen molar-refractivity contribution in [3.63, 3.8) is 0 Å². The molecule has 1 saturated heterocycles. The number of amides is 4. The first-order valence-electron chi connectivity index (χ1n) is 12.5. The van der Waals surface area contributed by atoms with Crippen molar-refractivity contribution in [2.45, 2.75) is 18.9 Å². The quantitative estimate of drug-likeness (QED) is 0.320. The van der Waals surface area contributed by atoms with Crippen LogP contribution in [-0.2, 0) is 9.59 Å². The topological polar surface area (TPSA) is 69.7 Å². The summed E-state index contributed by atoms with van der Waals surface area (Å²) in [6, 6.07) is 25.6. The van der Waals surface area contributed by atoms with E-state index in [2.05, 4.69) is 5.32 Å². The Morgan fingerprint density at radius 1 is 0.763 bits per heavy atom. The molecule has 2 aliphatic heterocycles. The van der Waals surface area contributed by atoms with Crippen LogP contribution >= 0.6 is 11.6 Å². The zero-order chi connectivity index (χ0) is 26.8. The zero-order valence-corrected chi connectivity index (χ0v) is 22.0. The number of anilines is 1. The molecule has 0 aliphatic carbocycles. The van der Waals surface area contributed by atoms with E-state index in [-0.39, 0.29) is 0 Å². The molecule has 38 heavy (non-hydrogen) atoms. The Bertz CT molecular complexity index is 1610. The SMILES string of the molecule is Cc1ccc(C2Nc3c(ccc4ccccc34)C(c3ccccc3Cl)C23C(=O)N(C)C(=O)N(C)C3=O)cc1. The molecule has 1 fully saturated rings. The molecule has 0 aromatic heterocycles. The number of urea groups is 1. The predicted octanol–water partition coefficient (Wildman–Crippen LogP) is 6.14. The van der Waals surface area contributed by atoms with E-state index >= 15 is 0 Å².